The van der Waals surface area contributed by atoms with E-state index in [-0.39, 0.29) is 57.4 Å². The molecule has 0 aliphatic carbocycles. The van der Waals surface area contributed by atoms with E-state index in [2.05, 4.69) is 80.4 Å². The van der Waals surface area contributed by atoms with Crippen LogP contribution in [0, 0.1) is 5.77 Å². The van der Waals surface area contributed by atoms with Crippen LogP contribution in [0.25, 0.3) is 0 Å². The van der Waals surface area contributed by atoms with Gasteiger partial charge in [-0.15, -0.1) is 34.0 Å². The molecule has 60 heavy (non-hydrogen) atoms. The van der Waals surface area contributed by atoms with Gasteiger partial charge in [0.25, 0.3) is 0 Å². The van der Waals surface area contributed by atoms with Gasteiger partial charge in [0.1, 0.15) is 54.5 Å². The maximum atomic E-state index is 12.5. The molecule has 3 atom stereocenters. The number of halogens is 2. The number of aliphatic imine (C=N–C) groups is 3. The highest BCUT2D eigenvalue weighted by atomic mass is 127. The molecule has 0 spiro atoms. The standard InChI is InChI=1S/C13H19IN4O4S2.C8H11IN4O2S2.C8H12N4O2S2.3CH4/c1-12(2,3)22-11(19)16-10-17-13(4,7-24(20,21)18(10)5)9-15-6-8(14)23-9;1-8(6-11-3-5(9)16-6)4-17(14,15)13(2)7(10)12-8;1-8(6-10-3-4-15-6)5-16(13,14)12(2)7(9)11-8;;;/h6H,7H2,1-5H3,(H,16,17,19);3H,4H2,1-2H3,(H2,10,12);3-4H,5H2,1-2H3,(H2,9,11);3*1H4/t13-;2*8-;;;/m000.../s1. The van der Waals surface area contributed by atoms with Crippen molar-refractivity contribution in [1.82, 2.24) is 33.2 Å². The van der Waals surface area contributed by atoms with Crippen molar-refractivity contribution >= 4 is 133 Å². The number of nitrogens with one attached hydrogen (secondary N) is 1. The van der Waals surface area contributed by atoms with Crippen LogP contribution >= 0.6 is 79.2 Å². The maximum Gasteiger partial charge on any atom is 0.414 e. The minimum atomic E-state index is -3.65. The summed E-state index contributed by atoms with van der Waals surface area (Å²) in [6.45, 7) is 10.3. The molecule has 3 aliphatic heterocycles. The Morgan fingerprint density at radius 1 is 0.717 bits per heavy atom. The number of amides is 1. The number of hydrogen-bond acceptors (Lipinski definition) is 19. The molecule has 0 radical (unpaired) electrons. The van der Waals surface area contributed by atoms with Crippen LogP contribution in [0.2, 0.25) is 0 Å². The van der Waals surface area contributed by atoms with Crippen LogP contribution in [0.4, 0.5) is 4.79 Å². The molecule has 3 aromatic rings. The van der Waals surface area contributed by atoms with Gasteiger partial charge in [-0.3, -0.25) is 5.32 Å². The highest BCUT2D eigenvalue weighted by Gasteiger charge is 2.45. The first-order valence-electron chi connectivity index (χ1n) is 16.3. The zero-order valence-electron chi connectivity index (χ0n) is 32.1. The summed E-state index contributed by atoms with van der Waals surface area (Å²) in [4.78, 5) is 37.5. The number of nitrogens with zero attached hydrogens (tertiary/aromatic N) is 9. The molecule has 3 aliphatic rings. The second kappa shape index (κ2) is 19.9. The number of alkyl carbamates (subject to hydrolysis) is 1. The summed E-state index contributed by atoms with van der Waals surface area (Å²) in [5.74, 6) is -0.512. The van der Waals surface area contributed by atoms with Gasteiger partial charge in [-0.25, -0.2) is 72.9 Å². The molecule has 6 heterocycles. The summed E-state index contributed by atoms with van der Waals surface area (Å²) in [6.07, 6.45) is 4.22. The van der Waals surface area contributed by atoms with Crippen molar-refractivity contribution in [2.75, 3.05) is 38.4 Å². The Balaban J connectivity index is 0.000000450. The predicted octanol–water partition coefficient (Wildman–Crippen LogP) is 4.53. The van der Waals surface area contributed by atoms with Crippen LogP contribution in [-0.2, 0) is 51.4 Å². The molecule has 5 N–H and O–H groups in total. The number of nitrogens with two attached hydrogens (primary N) is 2. The number of guanidine groups is 3. The second-order valence-electron chi connectivity index (χ2n) is 14.3. The molecular weight excluding hydrogens is 1130 g/mol. The monoisotopic (exact) mass is 1180 g/mol. The minimum absolute atomic E-state index is 0. The van der Waals surface area contributed by atoms with Gasteiger partial charge in [0.05, 0.1) is 18.2 Å². The summed E-state index contributed by atoms with van der Waals surface area (Å²) in [6, 6.07) is 0. The highest BCUT2D eigenvalue weighted by Crippen LogP contribution is 2.36. The van der Waals surface area contributed by atoms with Crippen LogP contribution in [0.1, 0.15) is 78.8 Å². The predicted molar refractivity (Wildman–Crippen MR) is 259 cm³/mol. The summed E-state index contributed by atoms with van der Waals surface area (Å²) >= 11 is 8.42. The summed E-state index contributed by atoms with van der Waals surface area (Å²) in [7, 11) is -6.32. The Morgan fingerprint density at radius 2 is 1.10 bits per heavy atom. The number of rotatable bonds is 3. The molecule has 0 bridgehead atoms. The number of hydrogen-bond donors (Lipinski definition) is 3. The fraction of sp³-hybridized carbons (Fsp3) is 0.594. The van der Waals surface area contributed by atoms with Crippen LogP contribution in [0.15, 0.2) is 38.9 Å². The van der Waals surface area contributed by atoms with Crippen LogP contribution in [0.5, 0.6) is 0 Å². The van der Waals surface area contributed by atoms with E-state index in [9.17, 15) is 30.0 Å². The van der Waals surface area contributed by atoms with Gasteiger partial charge < -0.3 is 16.2 Å². The highest BCUT2D eigenvalue weighted by molar-refractivity contribution is 14.1. The molecule has 28 heteroatoms. The first-order chi connectivity index (χ1) is 25.9. The third-order valence-corrected chi connectivity index (χ3v) is 18.9. The normalized spacial score (nSPS) is 25.1. The number of thiazole rings is 3. The van der Waals surface area contributed by atoms with Gasteiger partial charge in [-0.2, -0.15) is 0 Å². The molecule has 6 rings (SSSR count). The van der Waals surface area contributed by atoms with Gasteiger partial charge in [0.15, 0.2) is 0 Å². The van der Waals surface area contributed by atoms with Gasteiger partial charge in [-0.1, -0.05) is 22.3 Å². The number of aromatic nitrogens is 3. The summed E-state index contributed by atoms with van der Waals surface area (Å²) in [5, 5.41) is 6.12. The Hall–Kier alpha value is -2.52. The first kappa shape index (κ1) is 55.5. The SMILES string of the molecule is C.C.C.CN1C(N)=N[C@](C)(c2ncc(I)s2)CS1(=O)=O.CN1C(N)=N[C@](C)(c2nccs2)CS1(=O)=O.CN1C(NC(=O)OC(C)(C)C)=N[C@](C)(c2ncc(I)s2)CS1(=O)=O. The van der Waals surface area contributed by atoms with Crippen molar-refractivity contribution in [3.63, 3.8) is 0 Å². The number of sulfonamides is 3. The molecule has 1 amide bonds. The zero-order chi connectivity index (χ0) is 43.2. The van der Waals surface area contributed by atoms with Crippen molar-refractivity contribution in [3.05, 3.63) is 44.8 Å². The summed E-state index contributed by atoms with van der Waals surface area (Å²) in [5.41, 5.74) is 7.73. The van der Waals surface area contributed by atoms with E-state index < -0.39 is 58.4 Å². The molecule has 0 saturated carbocycles. The van der Waals surface area contributed by atoms with E-state index in [0.717, 1.165) is 18.7 Å². The molecular formula is C32H54I2N12O8S6. The topological polar surface area (TPSA) is 278 Å². The first-order valence-corrected chi connectivity index (χ1v) is 25.8. The van der Waals surface area contributed by atoms with Crippen molar-refractivity contribution in [1.29, 1.82) is 0 Å². The Labute approximate surface area is 393 Å². The van der Waals surface area contributed by atoms with Crippen LogP contribution in [-0.4, -0.2) is 121 Å². The molecule has 340 valence electrons. The molecule has 20 nitrogen and oxygen atoms in total. The average Bonchev–Trinajstić information content (AvgIpc) is 3.84. The van der Waals surface area contributed by atoms with E-state index in [1.165, 1.54) is 55.2 Å². The average molecular weight is 1180 g/mol. The molecule has 0 aromatic carbocycles. The molecule has 0 saturated heterocycles. The molecule has 0 fully saturated rings. The Morgan fingerprint density at radius 3 is 1.43 bits per heavy atom. The quantitative estimate of drug-likeness (QED) is 0.305. The van der Waals surface area contributed by atoms with Crippen molar-refractivity contribution in [2.45, 2.75) is 86.0 Å². The van der Waals surface area contributed by atoms with Crippen molar-refractivity contribution in [3.8, 4) is 0 Å². The van der Waals surface area contributed by atoms with Gasteiger partial charge >= 0.3 is 6.09 Å². The fourth-order valence-electron chi connectivity index (χ4n) is 5.15. The number of carbonyl (C=O) groups excluding carboxylic acids is 1. The lowest BCUT2D eigenvalue weighted by molar-refractivity contribution is 0.0559. The lowest BCUT2D eigenvalue weighted by atomic mass is 10.1. The fourth-order valence-corrected chi connectivity index (χ4v) is 13.5. The van der Waals surface area contributed by atoms with Crippen molar-refractivity contribution < 1.29 is 34.8 Å². The minimum Gasteiger partial charge on any atom is -0.444 e. The Bertz CT molecular complexity index is 2420. The lowest BCUT2D eigenvalue weighted by Gasteiger charge is -2.34. The van der Waals surface area contributed by atoms with Gasteiger partial charge in [0.2, 0.25) is 47.9 Å². The third kappa shape index (κ3) is 13.0. The van der Waals surface area contributed by atoms with Crippen LogP contribution in [0.3, 0.4) is 0 Å². The zero-order valence-corrected chi connectivity index (χ0v) is 41.3. The van der Waals surface area contributed by atoms with E-state index in [1.54, 1.807) is 65.5 Å². The van der Waals surface area contributed by atoms with Crippen molar-refractivity contribution in [2.24, 2.45) is 26.4 Å². The van der Waals surface area contributed by atoms with Crippen LogP contribution < -0.4 is 16.8 Å². The lowest BCUT2D eigenvalue weighted by Crippen LogP contribution is -2.54. The maximum absolute atomic E-state index is 12.5. The van der Waals surface area contributed by atoms with E-state index in [4.69, 9.17) is 16.2 Å². The number of ether oxygens (including phenoxy) is 1. The third-order valence-electron chi connectivity index (χ3n) is 8.04. The van der Waals surface area contributed by atoms with E-state index in [1.807, 2.05) is 0 Å². The largest absolute Gasteiger partial charge is 0.444 e. The number of carbonyl (C=O) groups is 1. The summed E-state index contributed by atoms with van der Waals surface area (Å²) < 4.78 is 82.6. The van der Waals surface area contributed by atoms with Gasteiger partial charge in [-0.05, 0) is 86.7 Å². The van der Waals surface area contributed by atoms with Gasteiger partial charge in [0, 0.05) is 32.7 Å². The molecule has 3 aromatic heterocycles. The molecule has 0 unspecified atom stereocenters. The van der Waals surface area contributed by atoms with E-state index in [0.29, 0.717) is 15.0 Å². The van der Waals surface area contributed by atoms with E-state index >= 15 is 0 Å². The second-order valence-corrected chi connectivity index (χ2v) is 27.0. The Kier molecular flexibility index (Phi) is 18.4. The smallest absolute Gasteiger partial charge is 0.414 e.